The number of likely N-dealkylation sites (N-methyl/N-ethyl adjacent to an activating group) is 1. The minimum atomic E-state index is -0.125. The third-order valence-electron chi connectivity index (χ3n) is 3.80. The summed E-state index contributed by atoms with van der Waals surface area (Å²) in [7, 11) is 3.17. The first-order valence-corrected chi connectivity index (χ1v) is 7.59. The van der Waals surface area contributed by atoms with Crippen LogP contribution < -0.4 is 9.47 Å². The maximum Gasteiger partial charge on any atom is 0.179 e. The second kappa shape index (κ2) is 8.67. The molecule has 0 aliphatic heterocycles. The number of benzene rings is 1. The molecule has 0 aliphatic rings. The fraction of sp³-hybridized carbons (Fsp3) is 0.588. The third kappa shape index (κ3) is 4.46. The second-order valence-electron chi connectivity index (χ2n) is 5.09. The van der Waals surface area contributed by atoms with Crippen molar-refractivity contribution in [2.24, 2.45) is 0 Å². The molecule has 0 radical (unpaired) electrons. The van der Waals surface area contributed by atoms with E-state index in [2.05, 4.69) is 18.7 Å². The van der Waals surface area contributed by atoms with Gasteiger partial charge in [-0.15, -0.1) is 0 Å². The lowest BCUT2D eigenvalue weighted by Crippen LogP contribution is -2.39. The predicted octanol–water partition coefficient (Wildman–Crippen LogP) is 3.40. The Labute approximate surface area is 128 Å². The summed E-state index contributed by atoms with van der Waals surface area (Å²) >= 11 is 0. The molecule has 1 rings (SSSR count). The predicted molar refractivity (Wildman–Crippen MR) is 85.5 cm³/mol. The normalized spacial score (nSPS) is 12.3. The van der Waals surface area contributed by atoms with Gasteiger partial charge in [0.1, 0.15) is 0 Å². The summed E-state index contributed by atoms with van der Waals surface area (Å²) in [6.45, 7) is 8.05. The number of ether oxygens (including phenoxy) is 2. The zero-order valence-corrected chi connectivity index (χ0v) is 13.8. The quantitative estimate of drug-likeness (QED) is 0.654. The maximum atomic E-state index is 12.6. The van der Waals surface area contributed by atoms with Crippen LogP contribution in [0.2, 0.25) is 0 Å². The Morgan fingerprint density at radius 2 is 1.86 bits per heavy atom. The molecule has 0 heterocycles. The van der Waals surface area contributed by atoms with Crippen LogP contribution in [0.25, 0.3) is 0 Å². The molecule has 1 aromatic rings. The molecule has 0 aliphatic carbocycles. The van der Waals surface area contributed by atoms with Gasteiger partial charge in [0, 0.05) is 5.56 Å². The van der Waals surface area contributed by atoms with Crippen LogP contribution in [-0.2, 0) is 0 Å². The largest absolute Gasteiger partial charge is 0.493 e. The lowest BCUT2D eigenvalue weighted by Gasteiger charge is -2.26. The Kier molecular flexibility index (Phi) is 7.23. The van der Waals surface area contributed by atoms with Crippen molar-refractivity contribution in [1.82, 2.24) is 4.90 Å². The van der Waals surface area contributed by atoms with Crippen LogP contribution in [0.15, 0.2) is 18.2 Å². The van der Waals surface area contributed by atoms with E-state index in [0.717, 1.165) is 25.9 Å². The van der Waals surface area contributed by atoms with Gasteiger partial charge in [0.05, 0.1) is 20.3 Å². The van der Waals surface area contributed by atoms with Crippen molar-refractivity contribution in [2.45, 2.75) is 39.7 Å². The molecule has 0 saturated heterocycles. The van der Waals surface area contributed by atoms with Crippen molar-refractivity contribution in [3.8, 4) is 11.5 Å². The van der Waals surface area contributed by atoms with Crippen molar-refractivity contribution < 1.29 is 14.3 Å². The number of ketones is 1. The molecule has 0 spiro atoms. The number of hydrogen-bond donors (Lipinski definition) is 0. The van der Waals surface area contributed by atoms with Crippen molar-refractivity contribution in [2.75, 3.05) is 27.3 Å². The third-order valence-corrected chi connectivity index (χ3v) is 3.80. The molecule has 118 valence electrons. The highest BCUT2D eigenvalue weighted by molar-refractivity contribution is 6.00. The van der Waals surface area contributed by atoms with E-state index < -0.39 is 0 Å². The van der Waals surface area contributed by atoms with E-state index >= 15 is 0 Å². The number of carbonyl (C=O) groups is 1. The number of nitrogens with zero attached hydrogens (tertiary/aromatic N) is 1. The van der Waals surface area contributed by atoms with E-state index in [0.29, 0.717) is 17.1 Å². The first kappa shape index (κ1) is 17.5. The van der Waals surface area contributed by atoms with Gasteiger partial charge in [0.25, 0.3) is 0 Å². The fourth-order valence-corrected chi connectivity index (χ4v) is 2.38. The molecule has 0 fully saturated rings. The number of unbranched alkanes of at least 4 members (excludes halogenated alkanes) is 1. The highest BCUT2D eigenvalue weighted by Crippen LogP contribution is 2.28. The van der Waals surface area contributed by atoms with Crippen molar-refractivity contribution in [1.29, 1.82) is 0 Å². The summed E-state index contributed by atoms with van der Waals surface area (Å²) in [5, 5.41) is 0. The number of Topliss-reactive ketones (excluding diaryl/α,β-unsaturated/α-hetero) is 1. The molecular formula is C17H27NO3. The summed E-state index contributed by atoms with van der Waals surface area (Å²) in [6.07, 6.45) is 2.24. The first-order chi connectivity index (χ1) is 10.1. The second-order valence-corrected chi connectivity index (χ2v) is 5.09. The molecule has 1 unspecified atom stereocenters. The van der Waals surface area contributed by atoms with E-state index in [4.69, 9.17) is 9.47 Å². The Hall–Kier alpha value is -1.55. The van der Waals surface area contributed by atoms with Crippen LogP contribution in [0.4, 0.5) is 0 Å². The van der Waals surface area contributed by atoms with Gasteiger partial charge in [-0.25, -0.2) is 0 Å². The zero-order valence-electron chi connectivity index (χ0n) is 13.8. The van der Waals surface area contributed by atoms with Crippen LogP contribution in [0, 0.1) is 0 Å². The zero-order chi connectivity index (χ0) is 15.8. The smallest absolute Gasteiger partial charge is 0.179 e. The highest BCUT2D eigenvalue weighted by atomic mass is 16.5. The number of methoxy groups -OCH3 is 2. The van der Waals surface area contributed by atoms with Crippen LogP contribution in [-0.4, -0.2) is 44.0 Å². The van der Waals surface area contributed by atoms with Gasteiger partial charge in [0.2, 0.25) is 0 Å². The Morgan fingerprint density at radius 3 is 2.38 bits per heavy atom. The van der Waals surface area contributed by atoms with E-state index in [1.807, 2.05) is 6.92 Å². The highest BCUT2D eigenvalue weighted by Gasteiger charge is 2.22. The fourth-order valence-electron chi connectivity index (χ4n) is 2.38. The van der Waals surface area contributed by atoms with Gasteiger partial charge in [-0.05, 0) is 44.6 Å². The van der Waals surface area contributed by atoms with Gasteiger partial charge in [-0.3, -0.25) is 9.69 Å². The van der Waals surface area contributed by atoms with Crippen LogP contribution in [0.1, 0.15) is 44.0 Å². The summed E-state index contributed by atoms with van der Waals surface area (Å²) in [5.74, 6) is 1.35. The summed E-state index contributed by atoms with van der Waals surface area (Å²) in [4.78, 5) is 14.8. The molecule has 21 heavy (non-hydrogen) atoms. The standard InChI is InChI=1S/C17H27NO3/c1-6-8-11-18(7-2)13(3)17(19)14-9-10-15(20-4)16(12-14)21-5/h9-10,12-13H,6-8,11H2,1-5H3. The van der Waals surface area contributed by atoms with Gasteiger partial charge < -0.3 is 9.47 Å². The Bertz CT molecular complexity index is 459. The lowest BCUT2D eigenvalue weighted by molar-refractivity contribution is 0.0842. The average molecular weight is 293 g/mol. The topological polar surface area (TPSA) is 38.8 Å². The van der Waals surface area contributed by atoms with Crippen molar-refractivity contribution >= 4 is 5.78 Å². The minimum Gasteiger partial charge on any atom is -0.493 e. The first-order valence-electron chi connectivity index (χ1n) is 7.59. The van der Waals surface area contributed by atoms with Gasteiger partial charge in [-0.1, -0.05) is 20.3 Å². The molecule has 4 nitrogen and oxygen atoms in total. The Morgan fingerprint density at radius 1 is 1.19 bits per heavy atom. The van der Waals surface area contributed by atoms with Gasteiger partial charge >= 0.3 is 0 Å². The van der Waals surface area contributed by atoms with E-state index in [1.165, 1.54) is 0 Å². The van der Waals surface area contributed by atoms with Crippen molar-refractivity contribution in [3.63, 3.8) is 0 Å². The summed E-state index contributed by atoms with van der Waals surface area (Å²) in [6, 6.07) is 5.21. The summed E-state index contributed by atoms with van der Waals surface area (Å²) < 4.78 is 10.5. The maximum absolute atomic E-state index is 12.6. The van der Waals surface area contributed by atoms with Gasteiger partial charge in [-0.2, -0.15) is 0 Å². The molecule has 0 amide bonds. The minimum absolute atomic E-state index is 0.119. The molecule has 4 heteroatoms. The lowest BCUT2D eigenvalue weighted by atomic mass is 10.0. The van der Waals surface area contributed by atoms with E-state index in [9.17, 15) is 4.79 Å². The van der Waals surface area contributed by atoms with E-state index in [1.54, 1.807) is 32.4 Å². The van der Waals surface area contributed by atoms with Crippen molar-refractivity contribution in [3.05, 3.63) is 23.8 Å². The number of carbonyl (C=O) groups excluding carboxylic acids is 1. The molecular weight excluding hydrogens is 266 g/mol. The molecule has 1 atom stereocenters. The molecule has 0 saturated carbocycles. The van der Waals surface area contributed by atoms with Crippen LogP contribution in [0.5, 0.6) is 11.5 Å². The van der Waals surface area contributed by atoms with E-state index in [-0.39, 0.29) is 11.8 Å². The van der Waals surface area contributed by atoms with Gasteiger partial charge in [0.15, 0.2) is 17.3 Å². The molecule has 0 aromatic heterocycles. The molecule has 0 bridgehead atoms. The summed E-state index contributed by atoms with van der Waals surface area (Å²) in [5.41, 5.74) is 0.662. The number of rotatable bonds is 9. The van der Waals surface area contributed by atoms with Crippen LogP contribution >= 0.6 is 0 Å². The Balaban J connectivity index is 2.91. The monoisotopic (exact) mass is 293 g/mol. The molecule has 0 N–H and O–H groups in total. The average Bonchev–Trinajstić information content (AvgIpc) is 2.53. The van der Waals surface area contributed by atoms with Crippen LogP contribution in [0.3, 0.4) is 0 Å². The number of hydrogen-bond acceptors (Lipinski definition) is 4. The molecule has 1 aromatic carbocycles. The SMILES string of the molecule is CCCCN(CC)C(C)C(=O)c1ccc(OC)c(OC)c1.